The summed E-state index contributed by atoms with van der Waals surface area (Å²) < 4.78 is 5.68. The minimum absolute atomic E-state index is 0.174. The van der Waals surface area contributed by atoms with E-state index >= 15 is 0 Å². The second-order valence-corrected chi connectivity index (χ2v) is 7.88. The van der Waals surface area contributed by atoms with Gasteiger partial charge in [-0.05, 0) is 35.6 Å². The van der Waals surface area contributed by atoms with Crippen LogP contribution < -0.4 is 10.9 Å². The highest BCUT2D eigenvalue weighted by Crippen LogP contribution is 2.25. The number of nitrogens with zero attached hydrogens (tertiary/aromatic N) is 1. The molecule has 0 fully saturated rings. The van der Waals surface area contributed by atoms with Crippen molar-refractivity contribution in [2.75, 3.05) is 0 Å². The zero-order chi connectivity index (χ0) is 20.4. The molecule has 0 bridgehead atoms. The number of benzene rings is 2. The van der Waals surface area contributed by atoms with Crippen molar-refractivity contribution in [2.45, 2.75) is 46.2 Å². The normalized spacial score (nSPS) is 12.8. The van der Waals surface area contributed by atoms with Gasteiger partial charge in [0.15, 0.2) is 0 Å². The molecule has 2 aromatic carbocycles. The first-order valence-corrected chi connectivity index (χ1v) is 10.3. The van der Waals surface area contributed by atoms with Gasteiger partial charge in [0.2, 0.25) is 5.58 Å². The van der Waals surface area contributed by atoms with E-state index in [9.17, 15) is 4.79 Å². The predicted octanol–water partition coefficient (Wildman–Crippen LogP) is 5.11. The maximum Gasteiger partial charge on any atom is 0.294 e. The van der Waals surface area contributed by atoms with Crippen LogP contribution in [0.1, 0.15) is 50.2 Å². The zero-order valence-electron chi connectivity index (χ0n) is 17.2. The standard InChI is InChI=1S/C24H27N3O2/c1-4-7-16-10-12-17(13-11-16)21(15(2)3)25-14-20-26-22-18-8-5-6-9-19(18)29-23(22)24(28)27-20/h5-6,8-13,15,21,25H,4,7,14H2,1-3H3,(H,26,27,28)/t21-/m1/s1. The molecule has 0 amide bonds. The summed E-state index contributed by atoms with van der Waals surface area (Å²) in [6.07, 6.45) is 2.25. The number of hydrogen-bond acceptors (Lipinski definition) is 4. The minimum atomic E-state index is -0.243. The topological polar surface area (TPSA) is 70.9 Å². The van der Waals surface area contributed by atoms with Gasteiger partial charge in [0.05, 0.1) is 6.54 Å². The number of para-hydroxylation sites is 1. The van der Waals surface area contributed by atoms with E-state index in [4.69, 9.17) is 4.42 Å². The fourth-order valence-corrected chi connectivity index (χ4v) is 3.86. The van der Waals surface area contributed by atoms with Gasteiger partial charge in [-0.15, -0.1) is 0 Å². The Hall–Kier alpha value is -2.92. The summed E-state index contributed by atoms with van der Waals surface area (Å²) in [7, 11) is 0. The molecule has 2 heterocycles. The van der Waals surface area contributed by atoms with Gasteiger partial charge < -0.3 is 14.7 Å². The zero-order valence-corrected chi connectivity index (χ0v) is 17.2. The molecule has 0 aliphatic carbocycles. The third kappa shape index (κ3) is 3.96. The first-order chi connectivity index (χ1) is 14.1. The average molecular weight is 389 g/mol. The quantitative estimate of drug-likeness (QED) is 0.461. The SMILES string of the molecule is CCCc1ccc([C@H](NCc2nc3c(oc4ccccc43)c(=O)[nH]2)C(C)C)cc1. The molecule has 0 saturated carbocycles. The number of H-pyrrole nitrogens is 1. The molecule has 2 aromatic heterocycles. The smallest absolute Gasteiger partial charge is 0.294 e. The molecule has 0 aliphatic rings. The Labute approximate surface area is 170 Å². The van der Waals surface area contributed by atoms with Crippen LogP contribution >= 0.6 is 0 Å². The monoisotopic (exact) mass is 389 g/mol. The van der Waals surface area contributed by atoms with Gasteiger partial charge in [-0.3, -0.25) is 4.79 Å². The maximum absolute atomic E-state index is 12.5. The van der Waals surface area contributed by atoms with Gasteiger partial charge in [0.25, 0.3) is 5.56 Å². The van der Waals surface area contributed by atoms with Crippen LogP contribution in [0.5, 0.6) is 0 Å². The van der Waals surface area contributed by atoms with Crippen LogP contribution in [0.4, 0.5) is 0 Å². The lowest BCUT2D eigenvalue weighted by Gasteiger charge is -2.23. The highest BCUT2D eigenvalue weighted by atomic mass is 16.3. The fourth-order valence-electron chi connectivity index (χ4n) is 3.86. The minimum Gasteiger partial charge on any atom is -0.449 e. The largest absolute Gasteiger partial charge is 0.449 e. The number of rotatable bonds is 7. The molecule has 0 radical (unpaired) electrons. The Morgan fingerprint density at radius 3 is 2.59 bits per heavy atom. The van der Waals surface area contributed by atoms with Crippen molar-refractivity contribution in [3.05, 3.63) is 75.8 Å². The highest BCUT2D eigenvalue weighted by Gasteiger charge is 2.17. The van der Waals surface area contributed by atoms with Gasteiger partial charge in [-0.1, -0.05) is 63.6 Å². The molecule has 5 nitrogen and oxygen atoms in total. The summed E-state index contributed by atoms with van der Waals surface area (Å²) >= 11 is 0. The Kier molecular flexibility index (Phi) is 5.49. The maximum atomic E-state index is 12.5. The number of aromatic amines is 1. The van der Waals surface area contributed by atoms with E-state index in [1.165, 1.54) is 11.1 Å². The molecule has 0 unspecified atom stereocenters. The third-order valence-corrected chi connectivity index (χ3v) is 5.31. The molecule has 0 aliphatic heterocycles. The van der Waals surface area contributed by atoms with Crippen LogP contribution in [-0.2, 0) is 13.0 Å². The number of fused-ring (bicyclic) bond motifs is 3. The molecule has 0 spiro atoms. The van der Waals surface area contributed by atoms with Crippen molar-refractivity contribution in [3.63, 3.8) is 0 Å². The van der Waals surface area contributed by atoms with Crippen LogP contribution in [0.25, 0.3) is 22.1 Å². The molecular weight excluding hydrogens is 362 g/mol. The molecule has 29 heavy (non-hydrogen) atoms. The van der Waals surface area contributed by atoms with Crippen LogP contribution in [0.2, 0.25) is 0 Å². The van der Waals surface area contributed by atoms with Gasteiger partial charge in [-0.2, -0.15) is 0 Å². The summed E-state index contributed by atoms with van der Waals surface area (Å²) in [5.41, 5.74) is 3.94. The van der Waals surface area contributed by atoms with Crippen molar-refractivity contribution in [1.29, 1.82) is 0 Å². The highest BCUT2D eigenvalue weighted by molar-refractivity contribution is 6.01. The van der Waals surface area contributed by atoms with Crippen molar-refractivity contribution in [2.24, 2.45) is 5.92 Å². The average Bonchev–Trinajstić information content (AvgIpc) is 3.09. The van der Waals surface area contributed by atoms with Crippen molar-refractivity contribution >= 4 is 22.1 Å². The summed E-state index contributed by atoms with van der Waals surface area (Å²) in [5, 5.41) is 4.43. The van der Waals surface area contributed by atoms with Crippen molar-refractivity contribution < 1.29 is 4.42 Å². The molecule has 0 saturated heterocycles. The second-order valence-electron chi connectivity index (χ2n) is 7.88. The van der Waals surface area contributed by atoms with Gasteiger partial charge in [0, 0.05) is 11.4 Å². The number of aryl methyl sites for hydroxylation is 1. The Bertz CT molecular complexity index is 1170. The predicted molar refractivity (Wildman–Crippen MR) is 117 cm³/mol. The first-order valence-electron chi connectivity index (χ1n) is 10.3. The molecule has 5 heteroatoms. The van der Waals surface area contributed by atoms with Gasteiger partial charge in [0.1, 0.15) is 16.9 Å². The lowest BCUT2D eigenvalue weighted by atomic mass is 9.94. The van der Waals surface area contributed by atoms with E-state index in [1.807, 2.05) is 24.3 Å². The molecule has 2 N–H and O–H groups in total. The van der Waals surface area contributed by atoms with E-state index in [0.29, 0.717) is 29.4 Å². The van der Waals surface area contributed by atoms with Crippen molar-refractivity contribution in [3.8, 4) is 0 Å². The van der Waals surface area contributed by atoms with Gasteiger partial charge >= 0.3 is 0 Å². The molecular formula is C24H27N3O2. The Balaban J connectivity index is 1.59. The number of hydrogen-bond donors (Lipinski definition) is 2. The second kappa shape index (κ2) is 8.21. The van der Waals surface area contributed by atoms with Crippen LogP contribution in [0, 0.1) is 5.92 Å². The van der Waals surface area contributed by atoms with E-state index < -0.39 is 0 Å². The fraction of sp³-hybridized carbons (Fsp3) is 0.333. The Morgan fingerprint density at radius 2 is 1.86 bits per heavy atom. The summed E-state index contributed by atoms with van der Waals surface area (Å²) in [5.74, 6) is 1.01. The summed E-state index contributed by atoms with van der Waals surface area (Å²) in [6, 6.07) is 16.6. The summed E-state index contributed by atoms with van der Waals surface area (Å²) in [6.45, 7) is 7.06. The molecule has 150 valence electrons. The van der Waals surface area contributed by atoms with E-state index in [2.05, 4.69) is 60.3 Å². The lowest BCUT2D eigenvalue weighted by molar-refractivity contribution is 0.406. The number of nitrogens with one attached hydrogen (secondary N) is 2. The van der Waals surface area contributed by atoms with E-state index in [-0.39, 0.29) is 17.2 Å². The van der Waals surface area contributed by atoms with Gasteiger partial charge in [-0.25, -0.2) is 4.98 Å². The first kappa shape index (κ1) is 19.4. The lowest BCUT2D eigenvalue weighted by Crippen LogP contribution is -2.27. The van der Waals surface area contributed by atoms with Crippen LogP contribution in [0.3, 0.4) is 0 Å². The number of aromatic nitrogens is 2. The van der Waals surface area contributed by atoms with E-state index in [0.717, 1.165) is 18.2 Å². The van der Waals surface area contributed by atoms with Crippen molar-refractivity contribution in [1.82, 2.24) is 15.3 Å². The number of furan rings is 1. The molecule has 1 atom stereocenters. The van der Waals surface area contributed by atoms with Crippen LogP contribution in [-0.4, -0.2) is 9.97 Å². The Morgan fingerprint density at radius 1 is 1.10 bits per heavy atom. The summed E-state index contributed by atoms with van der Waals surface area (Å²) in [4.78, 5) is 20.0. The molecule has 4 rings (SSSR count). The van der Waals surface area contributed by atoms with E-state index in [1.54, 1.807) is 0 Å². The third-order valence-electron chi connectivity index (χ3n) is 5.31. The molecule has 4 aromatic rings. The van der Waals surface area contributed by atoms with Crippen LogP contribution in [0.15, 0.2) is 57.7 Å².